The number of sulfonamides is 1. The zero-order chi connectivity index (χ0) is 19.7. The van der Waals surface area contributed by atoms with Crippen LogP contribution in [0.25, 0.3) is 0 Å². The first-order valence-corrected chi connectivity index (χ1v) is 10.4. The van der Waals surface area contributed by atoms with Gasteiger partial charge >= 0.3 is 0 Å². The third-order valence-electron chi connectivity index (χ3n) is 5.09. The van der Waals surface area contributed by atoms with Crippen molar-refractivity contribution >= 4 is 10.0 Å². The fraction of sp³-hybridized carbons (Fsp3) is 0.238. The molecule has 2 aromatic carbocycles. The molecule has 0 saturated carbocycles. The first-order chi connectivity index (χ1) is 13.5. The highest BCUT2D eigenvalue weighted by molar-refractivity contribution is 7.89. The minimum atomic E-state index is -3.69. The maximum atomic E-state index is 13.5. The second-order valence-electron chi connectivity index (χ2n) is 6.59. The molecule has 0 spiro atoms. The number of methoxy groups -OCH3 is 2. The van der Waals surface area contributed by atoms with Crippen LogP contribution in [0.15, 0.2) is 71.8 Å². The van der Waals surface area contributed by atoms with Crippen LogP contribution in [0.1, 0.15) is 17.3 Å². The maximum absolute atomic E-state index is 13.5. The molecular weight excluding hydrogens is 376 g/mol. The fourth-order valence-corrected chi connectivity index (χ4v) is 5.21. The zero-order valence-electron chi connectivity index (χ0n) is 15.8. The quantitative estimate of drug-likeness (QED) is 0.662. The molecule has 1 aliphatic heterocycles. The van der Waals surface area contributed by atoms with Crippen molar-refractivity contribution in [1.29, 1.82) is 0 Å². The van der Waals surface area contributed by atoms with Crippen LogP contribution in [0.3, 0.4) is 0 Å². The van der Waals surface area contributed by atoms with E-state index in [1.165, 1.54) is 0 Å². The van der Waals surface area contributed by atoms with Crippen molar-refractivity contribution in [3.8, 4) is 11.5 Å². The van der Waals surface area contributed by atoms with E-state index >= 15 is 0 Å². The van der Waals surface area contributed by atoms with Gasteiger partial charge in [0.25, 0.3) is 0 Å². The van der Waals surface area contributed by atoms with Gasteiger partial charge in [0.2, 0.25) is 10.0 Å². The average molecular weight is 398 g/mol. The molecule has 0 radical (unpaired) electrons. The number of hydrogen-bond donors (Lipinski definition) is 0. The third kappa shape index (κ3) is 3.16. The number of ether oxygens (including phenoxy) is 2. The van der Waals surface area contributed by atoms with Gasteiger partial charge in [-0.3, -0.25) is 0 Å². The minimum Gasteiger partial charge on any atom is -0.497 e. The predicted molar refractivity (Wildman–Crippen MR) is 106 cm³/mol. The summed E-state index contributed by atoms with van der Waals surface area (Å²) in [6.45, 7) is 1.01. The number of hydrogen-bond acceptors (Lipinski definition) is 4. The molecule has 146 valence electrons. The van der Waals surface area contributed by atoms with Crippen molar-refractivity contribution in [2.75, 3.05) is 20.8 Å². The van der Waals surface area contributed by atoms with Gasteiger partial charge in [0.05, 0.1) is 25.2 Å². The lowest BCUT2D eigenvalue weighted by atomic mass is 10.0. The highest BCUT2D eigenvalue weighted by Gasteiger charge is 2.37. The van der Waals surface area contributed by atoms with E-state index in [9.17, 15) is 8.42 Å². The van der Waals surface area contributed by atoms with Crippen molar-refractivity contribution in [3.63, 3.8) is 0 Å². The Balaban J connectivity index is 1.79. The summed E-state index contributed by atoms with van der Waals surface area (Å²) in [5.74, 6) is 1.36. The smallest absolute Gasteiger partial charge is 0.244 e. The lowest BCUT2D eigenvalue weighted by Gasteiger charge is -2.36. The largest absolute Gasteiger partial charge is 0.497 e. The van der Waals surface area contributed by atoms with Gasteiger partial charge in [-0.05, 0) is 54.1 Å². The molecule has 1 atom stereocenters. The van der Waals surface area contributed by atoms with Gasteiger partial charge in [0, 0.05) is 25.0 Å². The Bertz CT molecular complexity index is 1060. The van der Waals surface area contributed by atoms with E-state index in [2.05, 4.69) is 4.57 Å². The summed E-state index contributed by atoms with van der Waals surface area (Å²) < 4.78 is 41.0. The molecule has 0 bridgehead atoms. The normalized spacial score (nSPS) is 17.1. The van der Waals surface area contributed by atoms with Crippen molar-refractivity contribution < 1.29 is 17.9 Å². The van der Waals surface area contributed by atoms with E-state index in [-0.39, 0.29) is 4.90 Å². The number of fused-ring (bicyclic) bond motifs is 1. The summed E-state index contributed by atoms with van der Waals surface area (Å²) in [6, 6.07) is 17.6. The molecule has 6 nitrogen and oxygen atoms in total. The molecule has 0 saturated heterocycles. The van der Waals surface area contributed by atoms with Crippen LogP contribution >= 0.6 is 0 Å². The van der Waals surface area contributed by atoms with Gasteiger partial charge in [-0.1, -0.05) is 12.1 Å². The highest BCUT2D eigenvalue weighted by Crippen LogP contribution is 2.37. The van der Waals surface area contributed by atoms with E-state index in [0.717, 1.165) is 17.0 Å². The van der Waals surface area contributed by atoms with Crippen molar-refractivity contribution in [2.45, 2.75) is 17.5 Å². The monoisotopic (exact) mass is 398 g/mol. The molecule has 2 heterocycles. The van der Waals surface area contributed by atoms with Crippen LogP contribution in [0.5, 0.6) is 11.5 Å². The van der Waals surface area contributed by atoms with Crippen molar-refractivity contribution in [1.82, 2.24) is 8.87 Å². The van der Waals surface area contributed by atoms with Gasteiger partial charge in [-0.25, -0.2) is 8.42 Å². The molecule has 28 heavy (non-hydrogen) atoms. The van der Waals surface area contributed by atoms with Crippen LogP contribution in [-0.2, 0) is 16.6 Å². The molecule has 3 aromatic rings. The molecule has 0 N–H and O–H groups in total. The Hall–Kier alpha value is -2.77. The lowest BCUT2D eigenvalue weighted by Crippen LogP contribution is -2.42. The third-order valence-corrected chi connectivity index (χ3v) is 6.97. The lowest BCUT2D eigenvalue weighted by molar-refractivity contribution is 0.298. The van der Waals surface area contributed by atoms with Crippen LogP contribution in [0.4, 0.5) is 0 Å². The number of aromatic nitrogens is 1. The molecule has 0 amide bonds. The van der Waals surface area contributed by atoms with Crippen LogP contribution < -0.4 is 9.47 Å². The van der Waals surface area contributed by atoms with E-state index in [1.54, 1.807) is 42.8 Å². The topological polar surface area (TPSA) is 60.8 Å². The molecular formula is C21H22N2O4S. The maximum Gasteiger partial charge on any atom is 0.244 e. The van der Waals surface area contributed by atoms with Crippen LogP contribution in [-0.4, -0.2) is 38.1 Å². The van der Waals surface area contributed by atoms with Crippen LogP contribution in [0, 0.1) is 0 Å². The second kappa shape index (κ2) is 7.33. The summed E-state index contributed by atoms with van der Waals surface area (Å²) in [4.78, 5) is 0.256. The zero-order valence-corrected chi connectivity index (χ0v) is 16.6. The summed E-state index contributed by atoms with van der Waals surface area (Å²) in [5.41, 5.74) is 1.85. The summed E-state index contributed by atoms with van der Waals surface area (Å²) in [7, 11) is -0.518. The molecule has 0 fully saturated rings. The van der Waals surface area contributed by atoms with E-state index in [4.69, 9.17) is 9.47 Å². The number of nitrogens with zero attached hydrogens (tertiary/aromatic N) is 2. The van der Waals surface area contributed by atoms with Crippen LogP contribution in [0.2, 0.25) is 0 Å². The Kier molecular flexibility index (Phi) is 4.87. The first-order valence-electron chi connectivity index (χ1n) is 8.99. The van der Waals surface area contributed by atoms with Crippen molar-refractivity contribution in [2.24, 2.45) is 0 Å². The second-order valence-corrected chi connectivity index (χ2v) is 8.48. The molecule has 1 aliphatic rings. The summed E-state index contributed by atoms with van der Waals surface area (Å²) in [6.07, 6.45) is 1.99. The molecule has 1 unspecified atom stereocenters. The predicted octanol–water partition coefficient (Wildman–Crippen LogP) is 3.30. The number of rotatable bonds is 5. The van der Waals surface area contributed by atoms with Gasteiger partial charge in [-0.15, -0.1) is 0 Å². The van der Waals surface area contributed by atoms with Gasteiger partial charge in [-0.2, -0.15) is 4.31 Å². The SMILES string of the molecule is COc1ccc(C2c3cccn3CCN2S(=O)(=O)c2ccc(OC)cc2)cc1. The molecule has 0 aliphatic carbocycles. The van der Waals surface area contributed by atoms with Crippen molar-refractivity contribution in [3.05, 3.63) is 78.1 Å². The number of benzene rings is 2. The van der Waals surface area contributed by atoms with Gasteiger partial charge < -0.3 is 14.0 Å². The Morgan fingerprint density at radius 1 is 0.857 bits per heavy atom. The Labute approximate surface area is 165 Å². The minimum absolute atomic E-state index is 0.256. The Morgan fingerprint density at radius 2 is 1.46 bits per heavy atom. The van der Waals surface area contributed by atoms with Gasteiger partial charge in [0.15, 0.2) is 0 Å². The van der Waals surface area contributed by atoms with E-state index < -0.39 is 16.1 Å². The summed E-state index contributed by atoms with van der Waals surface area (Å²) >= 11 is 0. The molecule has 7 heteroatoms. The average Bonchev–Trinajstić information content (AvgIpc) is 3.22. The highest BCUT2D eigenvalue weighted by atomic mass is 32.2. The molecule has 1 aromatic heterocycles. The summed E-state index contributed by atoms with van der Waals surface area (Å²) in [5, 5.41) is 0. The Morgan fingerprint density at radius 3 is 2.07 bits per heavy atom. The standard InChI is InChI=1S/C21H22N2O4S/c1-26-17-7-5-16(6-8-17)21-20-4-3-13-22(20)14-15-23(21)28(24,25)19-11-9-18(27-2)10-12-19/h3-13,21H,14-15H2,1-2H3. The fourth-order valence-electron chi connectivity index (χ4n) is 3.63. The van der Waals surface area contributed by atoms with Gasteiger partial charge in [0.1, 0.15) is 11.5 Å². The molecule has 4 rings (SSSR count). The first kappa shape index (κ1) is 18.6. The van der Waals surface area contributed by atoms with E-state index in [1.807, 2.05) is 42.6 Å². The van der Waals surface area contributed by atoms with E-state index in [0.29, 0.717) is 18.8 Å².